The van der Waals surface area contributed by atoms with Crippen molar-refractivity contribution in [3.63, 3.8) is 0 Å². The number of nitrogens with zero attached hydrogens (tertiary/aromatic N) is 3. The Balaban J connectivity index is 1.92. The Labute approximate surface area is 147 Å². The Hall–Kier alpha value is -2.95. The number of hydrazone groups is 1. The zero-order valence-corrected chi connectivity index (χ0v) is 14.8. The van der Waals surface area contributed by atoms with Crippen LogP contribution >= 0.6 is 0 Å². The lowest BCUT2D eigenvalue weighted by Crippen LogP contribution is -2.02. The molecule has 0 bridgehead atoms. The highest BCUT2D eigenvalue weighted by atomic mass is 16.5. The molecule has 0 atom stereocenters. The molecule has 1 aromatic heterocycles. The van der Waals surface area contributed by atoms with E-state index >= 15 is 0 Å². The molecule has 2 aromatic carbocycles. The summed E-state index contributed by atoms with van der Waals surface area (Å²) in [6.45, 7) is 6.64. The van der Waals surface area contributed by atoms with E-state index in [9.17, 15) is 0 Å². The molecule has 0 aliphatic carbocycles. The van der Waals surface area contributed by atoms with Crippen molar-refractivity contribution in [3.05, 3.63) is 59.4 Å². The molecule has 0 radical (unpaired) electrons. The van der Waals surface area contributed by atoms with Crippen molar-refractivity contribution < 1.29 is 4.74 Å². The molecular weight excluding hydrogens is 312 g/mol. The topological polar surface area (TPSA) is 59.4 Å². The highest BCUT2D eigenvalue weighted by molar-refractivity contribution is 6.02. The molecule has 0 saturated heterocycles. The van der Waals surface area contributed by atoms with E-state index in [1.165, 1.54) is 0 Å². The van der Waals surface area contributed by atoms with Gasteiger partial charge in [-0.1, -0.05) is 37.3 Å². The molecule has 0 saturated carbocycles. The number of aryl methyl sites for hydroxylation is 2. The minimum atomic E-state index is 0.491. The van der Waals surface area contributed by atoms with Crippen LogP contribution in [0.4, 0.5) is 5.95 Å². The lowest BCUT2D eigenvalue weighted by Gasteiger charge is -2.11. The van der Waals surface area contributed by atoms with Gasteiger partial charge in [0.1, 0.15) is 5.75 Å². The molecule has 0 unspecified atom stereocenters. The van der Waals surface area contributed by atoms with E-state index < -0.39 is 0 Å². The normalized spacial score (nSPS) is 11.2. The average Bonchev–Trinajstić information content (AvgIpc) is 2.60. The van der Waals surface area contributed by atoms with Crippen molar-refractivity contribution in [2.45, 2.75) is 27.2 Å². The van der Waals surface area contributed by atoms with E-state index in [0.717, 1.165) is 39.9 Å². The van der Waals surface area contributed by atoms with Crippen molar-refractivity contribution in [2.24, 2.45) is 5.10 Å². The Morgan fingerprint density at radius 2 is 1.84 bits per heavy atom. The van der Waals surface area contributed by atoms with Crippen molar-refractivity contribution >= 4 is 22.9 Å². The minimum Gasteiger partial charge on any atom is -0.493 e. The third-order valence-electron chi connectivity index (χ3n) is 3.73. The predicted molar refractivity (Wildman–Crippen MR) is 102 cm³/mol. The van der Waals surface area contributed by atoms with Crippen LogP contribution in [0.15, 0.2) is 47.6 Å². The predicted octanol–water partition coefficient (Wildman–Crippen LogP) is 4.48. The summed E-state index contributed by atoms with van der Waals surface area (Å²) in [5.41, 5.74) is 5.67. The van der Waals surface area contributed by atoms with Crippen LogP contribution in [0.2, 0.25) is 0 Å². The molecule has 128 valence electrons. The van der Waals surface area contributed by atoms with E-state index in [2.05, 4.69) is 45.6 Å². The number of benzene rings is 2. The molecule has 0 aliphatic rings. The fourth-order valence-electron chi connectivity index (χ4n) is 2.68. The van der Waals surface area contributed by atoms with Crippen LogP contribution in [-0.4, -0.2) is 22.8 Å². The maximum atomic E-state index is 5.89. The van der Waals surface area contributed by atoms with Crippen LogP contribution in [0.5, 0.6) is 5.75 Å². The van der Waals surface area contributed by atoms with E-state index in [0.29, 0.717) is 12.6 Å². The Bertz CT molecular complexity index is 885. The van der Waals surface area contributed by atoms with Gasteiger partial charge in [-0.3, -0.25) is 0 Å². The molecule has 25 heavy (non-hydrogen) atoms. The van der Waals surface area contributed by atoms with Gasteiger partial charge in [-0.2, -0.15) is 5.10 Å². The molecule has 0 spiro atoms. The average molecular weight is 334 g/mol. The lowest BCUT2D eigenvalue weighted by atomic mass is 10.0. The van der Waals surface area contributed by atoms with Gasteiger partial charge in [0.25, 0.3) is 0 Å². The second kappa shape index (κ2) is 7.75. The van der Waals surface area contributed by atoms with Crippen LogP contribution in [0, 0.1) is 13.8 Å². The zero-order chi connectivity index (χ0) is 17.6. The fourth-order valence-corrected chi connectivity index (χ4v) is 2.68. The first-order valence-electron chi connectivity index (χ1n) is 8.43. The highest BCUT2D eigenvalue weighted by Crippen LogP contribution is 2.27. The summed E-state index contributed by atoms with van der Waals surface area (Å²) in [5, 5.41) is 6.58. The number of ether oxygens (including phenoxy) is 1. The molecule has 1 heterocycles. The van der Waals surface area contributed by atoms with Gasteiger partial charge in [0.15, 0.2) is 0 Å². The minimum absolute atomic E-state index is 0.491. The zero-order valence-electron chi connectivity index (χ0n) is 14.8. The largest absolute Gasteiger partial charge is 0.493 e. The quantitative estimate of drug-likeness (QED) is 0.533. The monoisotopic (exact) mass is 334 g/mol. The van der Waals surface area contributed by atoms with Gasteiger partial charge in [-0.15, -0.1) is 0 Å². The number of anilines is 1. The molecule has 1 N–H and O–H groups in total. The first-order chi connectivity index (χ1) is 12.2. The van der Waals surface area contributed by atoms with Crippen LogP contribution in [0.3, 0.4) is 0 Å². The molecule has 0 aliphatic heterocycles. The number of aromatic nitrogens is 2. The summed E-state index contributed by atoms with van der Waals surface area (Å²) >= 11 is 0. The molecule has 5 heteroatoms. The Kier molecular flexibility index (Phi) is 5.23. The van der Waals surface area contributed by atoms with Gasteiger partial charge in [0.2, 0.25) is 5.95 Å². The first-order valence-corrected chi connectivity index (χ1v) is 8.43. The third kappa shape index (κ3) is 4.12. The molecule has 3 rings (SSSR count). The van der Waals surface area contributed by atoms with Gasteiger partial charge in [0, 0.05) is 17.0 Å². The number of nitrogens with one attached hydrogen (secondary N) is 1. The smallest absolute Gasteiger partial charge is 0.243 e. The molecule has 5 nitrogen and oxygen atoms in total. The summed E-state index contributed by atoms with van der Waals surface area (Å²) in [4.78, 5) is 8.66. The Morgan fingerprint density at radius 3 is 2.60 bits per heavy atom. The first kappa shape index (κ1) is 16.9. The number of hydrogen-bond donors (Lipinski definition) is 1. The number of rotatable bonds is 6. The summed E-state index contributed by atoms with van der Waals surface area (Å²) in [7, 11) is 0. The Morgan fingerprint density at radius 1 is 1.08 bits per heavy atom. The van der Waals surface area contributed by atoms with Crippen molar-refractivity contribution in [1.82, 2.24) is 9.97 Å². The third-order valence-corrected chi connectivity index (χ3v) is 3.73. The maximum Gasteiger partial charge on any atom is 0.243 e. The van der Waals surface area contributed by atoms with Crippen molar-refractivity contribution in [2.75, 3.05) is 12.0 Å². The van der Waals surface area contributed by atoms with Crippen molar-refractivity contribution in [3.8, 4) is 5.75 Å². The van der Waals surface area contributed by atoms with E-state index in [1.807, 2.05) is 38.1 Å². The van der Waals surface area contributed by atoms with Crippen LogP contribution < -0.4 is 10.2 Å². The van der Waals surface area contributed by atoms with Gasteiger partial charge >= 0.3 is 0 Å². The summed E-state index contributed by atoms with van der Waals surface area (Å²) in [6, 6.07) is 14.2. The van der Waals surface area contributed by atoms with Crippen LogP contribution in [0.1, 0.15) is 30.3 Å². The molecule has 0 fully saturated rings. The fraction of sp³-hybridized carbons (Fsp3) is 0.250. The van der Waals surface area contributed by atoms with Crippen molar-refractivity contribution in [1.29, 1.82) is 0 Å². The second-order valence-electron chi connectivity index (χ2n) is 5.89. The van der Waals surface area contributed by atoms with Crippen LogP contribution in [-0.2, 0) is 0 Å². The number of hydrogen-bond acceptors (Lipinski definition) is 5. The highest BCUT2D eigenvalue weighted by Gasteiger charge is 2.07. The van der Waals surface area contributed by atoms with Gasteiger partial charge in [-0.25, -0.2) is 15.4 Å². The van der Waals surface area contributed by atoms with Gasteiger partial charge in [0.05, 0.1) is 12.8 Å². The standard InChI is InChI=1S/C20H22N4O/c1-4-11-25-19-10-9-16-7-5-6-8-17(16)18(19)13-21-24-20-22-14(2)12-15(3)23-20/h5-10,12-13H,4,11H2,1-3H3,(H,22,23,24)/b21-13+. The van der Waals surface area contributed by atoms with E-state index in [4.69, 9.17) is 4.74 Å². The van der Waals surface area contributed by atoms with E-state index in [-0.39, 0.29) is 0 Å². The van der Waals surface area contributed by atoms with Gasteiger partial charge in [-0.05, 0) is 43.2 Å². The van der Waals surface area contributed by atoms with E-state index in [1.54, 1.807) is 6.21 Å². The van der Waals surface area contributed by atoms with Crippen LogP contribution in [0.25, 0.3) is 10.8 Å². The maximum absolute atomic E-state index is 5.89. The second-order valence-corrected chi connectivity index (χ2v) is 5.89. The summed E-state index contributed by atoms with van der Waals surface area (Å²) in [6.07, 6.45) is 2.73. The van der Waals surface area contributed by atoms with Gasteiger partial charge < -0.3 is 4.74 Å². The summed E-state index contributed by atoms with van der Waals surface area (Å²) < 4.78 is 5.89. The molecule has 0 amide bonds. The lowest BCUT2D eigenvalue weighted by molar-refractivity contribution is 0.317. The summed E-state index contributed by atoms with van der Waals surface area (Å²) in [5.74, 6) is 1.32. The number of fused-ring (bicyclic) bond motifs is 1. The molecule has 3 aromatic rings. The SMILES string of the molecule is CCCOc1ccc2ccccc2c1/C=N/Nc1nc(C)cc(C)n1. The molecular formula is C20H22N4O.